The van der Waals surface area contributed by atoms with Gasteiger partial charge in [0.2, 0.25) is 0 Å². The molecule has 0 fully saturated rings. The summed E-state index contributed by atoms with van der Waals surface area (Å²) >= 11 is 0. The summed E-state index contributed by atoms with van der Waals surface area (Å²) in [6.07, 6.45) is 2.68. The van der Waals surface area contributed by atoms with Crippen LogP contribution in [0.15, 0.2) is 0 Å². The third-order valence-electron chi connectivity index (χ3n) is 2.25. The molecule has 0 spiro atoms. The van der Waals surface area contributed by atoms with Crippen LogP contribution in [0.2, 0.25) is 0 Å². The van der Waals surface area contributed by atoms with Gasteiger partial charge in [0.15, 0.2) is 0 Å². The zero-order chi connectivity index (χ0) is 9.61. The highest BCUT2D eigenvalue weighted by molar-refractivity contribution is 4.71. The quantitative estimate of drug-likeness (QED) is 0.647. The molecule has 74 valence electrons. The molecule has 0 saturated heterocycles. The smallest absolute Gasteiger partial charge is 0.000240 e. The molecule has 0 heterocycles. The first-order valence-corrected chi connectivity index (χ1v) is 5.18. The van der Waals surface area contributed by atoms with E-state index in [-0.39, 0.29) is 0 Å². The monoisotopic (exact) mass is 171 g/mol. The molecule has 0 aromatic heterocycles. The van der Waals surface area contributed by atoms with Gasteiger partial charge >= 0.3 is 0 Å². The van der Waals surface area contributed by atoms with Gasteiger partial charge in [0.05, 0.1) is 0 Å². The molecule has 0 amide bonds. The largest absolute Gasteiger partial charge is 0.316 e. The van der Waals surface area contributed by atoms with Crippen LogP contribution in [0.1, 0.15) is 47.5 Å². The van der Waals surface area contributed by atoms with Gasteiger partial charge in [-0.2, -0.15) is 0 Å². The van der Waals surface area contributed by atoms with Gasteiger partial charge in [0, 0.05) is 6.54 Å². The Hall–Kier alpha value is -0.0400. The molecule has 0 unspecified atom stereocenters. The van der Waals surface area contributed by atoms with Crippen molar-refractivity contribution in [2.24, 2.45) is 11.3 Å². The molecule has 0 atom stereocenters. The Labute approximate surface area is 77.9 Å². The lowest BCUT2D eigenvalue weighted by molar-refractivity contribution is 0.291. The van der Waals surface area contributed by atoms with Crippen molar-refractivity contribution in [3.8, 4) is 0 Å². The van der Waals surface area contributed by atoms with Crippen LogP contribution in [0.4, 0.5) is 0 Å². The number of nitrogens with one attached hydrogen (secondary N) is 1. The van der Waals surface area contributed by atoms with Crippen molar-refractivity contribution < 1.29 is 0 Å². The van der Waals surface area contributed by atoms with Crippen LogP contribution in [-0.2, 0) is 0 Å². The Morgan fingerprint density at radius 2 is 1.83 bits per heavy atom. The Morgan fingerprint density at radius 3 is 2.25 bits per heavy atom. The predicted octanol–water partition coefficient (Wildman–Crippen LogP) is 3.06. The van der Waals surface area contributed by atoms with Gasteiger partial charge in [-0.1, -0.05) is 41.0 Å². The lowest BCUT2D eigenvalue weighted by Gasteiger charge is -2.25. The van der Waals surface area contributed by atoms with E-state index in [1.54, 1.807) is 0 Å². The second kappa shape index (κ2) is 5.58. The molecule has 0 saturated carbocycles. The highest BCUT2D eigenvalue weighted by Crippen LogP contribution is 2.23. The van der Waals surface area contributed by atoms with Crippen molar-refractivity contribution in [3.05, 3.63) is 0 Å². The maximum absolute atomic E-state index is 3.41. The highest BCUT2D eigenvalue weighted by Gasteiger charge is 2.16. The Bertz CT molecular complexity index is 106. The summed E-state index contributed by atoms with van der Waals surface area (Å²) in [5, 5.41) is 3.41. The first kappa shape index (κ1) is 12.0. The lowest BCUT2D eigenvalue weighted by Crippen LogP contribution is -2.29. The van der Waals surface area contributed by atoms with Gasteiger partial charge in [0.1, 0.15) is 0 Å². The molecular formula is C11H25N. The first-order valence-electron chi connectivity index (χ1n) is 5.18. The molecule has 0 bridgehead atoms. The normalized spacial score (nSPS) is 12.5. The summed E-state index contributed by atoms with van der Waals surface area (Å²) in [5.74, 6) is 0.839. The van der Waals surface area contributed by atoms with Crippen molar-refractivity contribution in [1.82, 2.24) is 5.32 Å². The van der Waals surface area contributed by atoms with Gasteiger partial charge in [0.25, 0.3) is 0 Å². The number of hydrogen-bond donors (Lipinski definition) is 1. The third kappa shape index (κ3) is 6.66. The van der Waals surface area contributed by atoms with E-state index < -0.39 is 0 Å². The molecule has 0 rings (SSSR count). The van der Waals surface area contributed by atoms with Crippen molar-refractivity contribution >= 4 is 0 Å². The van der Waals surface area contributed by atoms with Gasteiger partial charge in [-0.25, -0.2) is 0 Å². The number of hydrogen-bond acceptors (Lipinski definition) is 1. The van der Waals surface area contributed by atoms with Crippen LogP contribution < -0.4 is 5.32 Å². The molecule has 1 nitrogen and oxygen atoms in total. The summed E-state index contributed by atoms with van der Waals surface area (Å²) in [6, 6.07) is 0. The topological polar surface area (TPSA) is 12.0 Å². The van der Waals surface area contributed by atoms with Crippen LogP contribution >= 0.6 is 0 Å². The lowest BCUT2D eigenvalue weighted by atomic mass is 9.85. The minimum atomic E-state index is 0.472. The van der Waals surface area contributed by atoms with Crippen molar-refractivity contribution in [3.63, 3.8) is 0 Å². The summed E-state index contributed by atoms with van der Waals surface area (Å²) in [4.78, 5) is 0. The average molecular weight is 171 g/mol. The van der Waals surface area contributed by atoms with Crippen molar-refractivity contribution in [2.45, 2.75) is 47.5 Å². The van der Waals surface area contributed by atoms with E-state index in [0.717, 1.165) is 19.0 Å². The molecule has 0 radical (unpaired) electrons. The molecule has 0 aliphatic carbocycles. The highest BCUT2D eigenvalue weighted by atomic mass is 14.9. The van der Waals surface area contributed by atoms with E-state index >= 15 is 0 Å². The number of rotatable bonds is 6. The minimum absolute atomic E-state index is 0.472. The molecule has 0 aromatic rings. The summed E-state index contributed by atoms with van der Waals surface area (Å²) in [5.41, 5.74) is 0.472. The maximum Gasteiger partial charge on any atom is 0.000240 e. The van der Waals surface area contributed by atoms with Gasteiger partial charge in [-0.15, -0.1) is 0 Å². The van der Waals surface area contributed by atoms with Crippen LogP contribution in [0.25, 0.3) is 0 Å². The molecule has 0 aromatic carbocycles. The minimum Gasteiger partial charge on any atom is -0.316 e. The third-order valence-corrected chi connectivity index (χ3v) is 2.25. The zero-order valence-electron chi connectivity index (χ0n) is 9.41. The second-order valence-electron chi connectivity index (χ2n) is 4.88. The Kier molecular flexibility index (Phi) is 5.56. The van der Waals surface area contributed by atoms with Crippen LogP contribution in [0.5, 0.6) is 0 Å². The second-order valence-corrected chi connectivity index (χ2v) is 4.88. The van der Waals surface area contributed by atoms with Crippen molar-refractivity contribution in [1.29, 1.82) is 0 Å². The average Bonchev–Trinajstić information content (AvgIpc) is 1.98. The van der Waals surface area contributed by atoms with Crippen LogP contribution in [0.3, 0.4) is 0 Å². The van der Waals surface area contributed by atoms with E-state index in [2.05, 4.69) is 39.9 Å². The zero-order valence-corrected chi connectivity index (χ0v) is 9.41. The fraction of sp³-hybridized carbons (Fsp3) is 1.00. The van der Waals surface area contributed by atoms with E-state index in [0.29, 0.717) is 5.41 Å². The fourth-order valence-electron chi connectivity index (χ4n) is 1.23. The van der Waals surface area contributed by atoms with E-state index in [1.165, 1.54) is 12.8 Å². The molecule has 0 aliphatic heterocycles. The van der Waals surface area contributed by atoms with Gasteiger partial charge in [-0.05, 0) is 24.3 Å². The van der Waals surface area contributed by atoms with Gasteiger partial charge < -0.3 is 5.32 Å². The van der Waals surface area contributed by atoms with E-state index in [9.17, 15) is 0 Å². The molecule has 0 aliphatic rings. The summed E-state index contributed by atoms with van der Waals surface area (Å²) < 4.78 is 0. The molecule has 1 heteroatoms. The standard InChI is InChI=1S/C11H25N/c1-6-12-9-11(4,5)8-7-10(2)3/h10,12H,6-9H2,1-5H3. The van der Waals surface area contributed by atoms with Crippen LogP contribution in [0, 0.1) is 11.3 Å². The SMILES string of the molecule is CCNCC(C)(C)CCC(C)C. The van der Waals surface area contributed by atoms with Gasteiger partial charge in [-0.3, -0.25) is 0 Å². The van der Waals surface area contributed by atoms with Crippen LogP contribution in [-0.4, -0.2) is 13.1 Å². The van der Waals surface area contributed by atoms with E-state index in [1.807, 2.05) is 0 Å². The van der Waals surface area contributed by atoms with Crippen molar-refractivity contribution in [2.75, 3.05) is 13.1 Å². The summed E-state index contributed by atoms with van der Waals surface area (Å²) in [7, 11) is 0. The first-order chi connectivity index (χ1) is 5.48. The fourth-order valence-corrected chi connectivity index (χ4v) is 1.23. The predicted molar refractivity (Wildman–Crippen MR) is 56.4 cm³/mol. The molecule has 1 N–H and O–H groups in total. The molecule has 12 heavy (non-hydrogen) atoms. The molecular weight excluding hydrogens is 146 g/mol. The Balaban J connectivity index is 3.56. The summed E-state index contributed by atoms with van der Waals surface area (Å²) in [6.45, 7) is 13.7. The Morgan fingerprint density at radius 1 is 1.25 bits per heavy atom. The van der Waals surface area contributed by atoms with E-state index in [4.69, 9.17) is 0 Å². The maximum atomic E-state index is 3.41.